The molecule has 2 fully saturated rings. The largest absolute Gasteiger partial charge is 0.490 e. The topological polar surface area (TPSA) is 42.0 Å². The standard InChI is InChI=1S/C25H26Cl2N2O3S/c26-21-6-5-19(14-22(21)27)32-18-7-9-28(10-8-18)15-20-16-29(11-12-31-20)25(30)24-13-17-3-1-2-4-23(17)33-24/h1-6,13-14,18,20H,7-12,15-16H2. The Balaban J connectivity index is 1.12. The average molecular weight is 505 g/mol. The van der Waals surface area contributed by atoms with Gasteiger partial charge in [-0.2, -0.15) is 0 Å². The molecule has 0 aliphatic carbocycles. The van der Waals surface area contributed by atoms with Crippen molar-refractivity contribution in [3.8, 4) is 5.75 Å². The lowest BCUT2D eigenvalue weighted by atomic mass is 10.1. The molecule has 2 aliphatic rings. The van der Waals surface area contributed by atoms with Crippen LogP contribution in [0.2, 0.25) is 10.0 Å². The smallest absolute Gasteiger partial charge is 0.264 e. The van der Waals surface area contributed by atoms with Gasteiger partial charge in [-0.3, -0.25) is 4.79 Å². The zero-order chi connectivity index (χ0) is 22.8. The van der Waals surface area contributed by atoms with Crippen LogP contribution in [0, 0.1) is 0 Å². The Labute approximate surface area is 207 Å². The molecule has 2 aromatic carbocycles. The fraction of sp³-hybridized carbons (Fsp3) is 0.400. The molecule has 8 heteroatoms. The second-order valence-electron chi connectivity index (χ2n) is 8.59. The molecule has 0 spiro atoms. The molecule has 5 rings (SSSR count). The van der Waals surface area contributed by atoms with Gasteiger partial charge >= 0.3 is 0 Å². The van der Waals surface area contributed by atoms with Gasteiger partial charge in [0.2, 0.25) is 0 Å². The van der Waals surface area contributed by atoms with Crippen molar-refractivity contribution in [1.82, 2.24) is 9.80 Å². The van der Waals surface area contributed by atoms with E-state index in [1.54, 1.807) is 23.5 Å². The van der Waals surface area contributed by atoms with Crippen LogP contribution < -0.4 is 4.74 Å². The number of likely N-dealkylation sites (tertiary alicyclic amines) is 1. The zero-order valence-electron chi connectivity index (χ0n) is 18.2. The third-order valence-corrected chi connectivity index (χ3v) is 8.10. The quantitative estimate of drug-likeness (QED) is 0.453. The summed E-state index contributed by atoms with van der Waals surface area (Å²) < 4.78 is 13.3. The molecule has 2 saturated heterocycles. The lowest BCUT2D eigenvalue weighted by Gasteiger charge is -2.38. The maximum Gasteiger partial charge on any atom is 0.264 e. The maximum atomic E-state index is 13.1. The van der Waals surface area contributed by atoms with E-state index < -0.39 is 0 Å². The van der Waals surface area contributed by atoms with Gasteiger partial charge in [-0.15, -0.1) is 11.3 Å². The lowest BCUT2D eigenvalue weighted by Crippen LogP contribution is -2.51. The third kappa shape index (κ3) is 5.47. The van der Waals surface area contributed by atoms with Gasteiger partial charge in [0.1, 0.15) is 11.9 Å². The molecule has 1 unspecified atom stereocenters. The molecule has 3 heterocycles. The number of carbonyl (C=O) groups is 1. The molecule has 1 aromatic heterocycles. The summed E-state index contributed by atoms with van der Waals surface area (Å²) in [5.41, 5.74) is 0. The van der Waals surface area contributed by atoms with Crippen molar-refractivity contribution in [3.63, 3.8) is 0 Å². The van der Waals surface area contributed by atoms with E-state index in [1.807, 2.05) is 29.2 Å². The minimum Gasteiger partial charge on any atom is -0.490 e. The SMILES string of the molecule is O=C(c1cc2ccccc2s1)N1CCOC(CN2CCC(Oc3ccc(Cl)c(Cl)c3)CC2)C1. The molecule has 0 N–H and O–H groups in total. The number of piperidine rings is 1. The first-order valence-corrected chi connectivity index (χ1v) is 12.9. The summed E-state index contributed by atoms with van der Waals surface area (Å²) in [5, 5.41) is 2.17. The van der Waals surface area contributed by atoms with Crippen molar-refractivity contribution in [2.45, 2.75) is 25.0 Å². The number of fused-ring (bicyclic) bond motifs is 1. The van der Waals surface area contributed by atoms with E-state index in [0.29, 0.717) is 29.7 Å². The first kappa shape index (κ1) is 22.9. The van der Waals surface area contributed by atoms with Crippen molar-refractivity contribution in [1.29, 1.82) is 0 Å². The molecule has 2 aliphatic heterocycles. The van der Waals surface area contributed by atoms with E-state index in [0.717, 1.165) is 53.2 Å². The molecule has 0 saturated carbocycles. The van der Waals surface area contributed by atoms with Gasteiger partial charge in [0, 0.05) is 43.5 Å². The predicted molar refractivity (Wildman–Crippen MR) is 134 cm³/mol. The van der Waals surface area contributed by atoms with Crippen LogP contribution in [0.15, 0.2) is 48.5 Å². The number of thiophene rings is 1. The van der Waals surface area contributed by atoms with Gasteiger partial charge in [-0.1, -0.05) is 41.4 Å². The number of halogens is 2. The molecular weight excluding hydrogens is 479 g/mol. The molecule has 1 amide bonds. The normalized spacial score (nSPS) is 20.3. The van der Waals surface area contributed by atoms with Gasteiger partial charge in [-0.25, -0.2) is 0 Å². The highest BCUT2D eigenvalue weighted by molar-refractivity contribution is 7.20. The predicted octanol–water partition coefficient (Wildman–Crippen LogP) is 5.59. The van der Waals surface area contributed by atoms with Crippen molar-refractivity contribution >= 4 is 50.5 Å². The highest BCUT2D eigenvalue weighted by atomic mass is 35.5. The number of rotatable bonds is 5. The van der Waals surface area contributed by atoms with E-state index >= 15 is 0 Å². The van der Waals surface area contributed by atoms with Crippen molar-refractivity contribution in [2.24, 2.45) is 0 Å². The number of carbonyl (C=O) groups excluding carboxylic acids is 1. The van der Waals surface area contributed by atoms with Gasteiger partial charge < -0.3 is 19.3 Å². The Hall–Kier alpha value is -1.83. The minimum atomic E-state index is 0.0321. The summed E-state index contributed by atoms with van der Waals surface area (Å²) >= 11 is 13.7. The second kappa shape index (κ2) is 10.2. The lowest BCUT2D eigenvalue weighted by molar-refractivity contribution is -0.0413. The molecule has 174 valence electrons. The van der Waals surface area contributed by atoms with E-state index in [2.05, 4.69) is 17.0 Å². The number of morpholine rings is 1. The summed E-state index contributed by atoms with van der Waals surface area (Å²) in [7, 11) is 0. The third-order valence-electron chi connectivity index (χ3n) is 6.25. The molecule has 0 radical (unpaired) electrons. The van der Waals surface area contributed by atoms with Crippen LogP contribution in [-0.4, -0.2) is 67.2 Å². The Morgan fingerprint density at radius 2 is 1.88 bits per heavy atom. The summed E-state index contributed by atoms with van der Waals surface area (Å²) in [6.45, 7) is 4.57. The molecule has 33 heavy (non-hydrogen) atoms. The number of ether oxygens (including phenoxy) is 2. The Bertz CT molecular complexity index is 1100. The minimum absolute atomic E-state index is 0.0321. The zero-order valence-corrected chi connectivity index (χ0v) is 20.5. The molecule has 3 aromatic rings. The van der Waals surface area contributed by atoms with Crippen molar-refractivity contribution < 1.29 is 14.3 Å². The summed E-state index contributed by atoms with van der Waals surface area (Å²) in [5.74, 6) is 0.868. The highest BCUT2D eigenvalue weighted by Crippen LogP contribution is 2.29. The van der Waals surface area contributed by atoms with Crippen LogP contribution in [0.25, 0.3) is 10.1 Å². The van der Waals surface area contributed by atoms with Crippen LogP contribution in [0.3, 0.4) is 0 Å². The Kier molecular flexibility index (Phi) is 7.09. The summed E-state index contributed by atoms with van der Waals surface area (Å²) in [6.07, 6.45) is 2.08. The Morgan fingerprint density at radius 1 is 1.06 bits per heavy atom. The number of hydrogen-bond acceptors (Lipinski definition) is 5. The molecular formula is C25H26Cl2N2O3S. The van der Waals surface area contributed by atoms with Crippen LogP contribution in [0.5, 0.6) is 5.75 Å². The second-order valence-corrected chi connectivity index (χ2v) is 10.5. The van der Waals surface area contributed by atoms with E-state index in [9.17, 15) is 4.79 Å². The fourth-order valence-electron chi connectivity index (χ4n) is 4.50. The van der Waals surface area contributed by atoms with E-state index in [-0.39, 0.29) is 18.1 Å². The van der Waals surface area contributed by atoms with Crippen LogP contribution in [-0.2, 0) is 4.74 Å². The first-order chi connectivity index (χ1) is 16.0. The number of hydrogen-bond donors (Lipinski definition) is 0. The molecule has 5 nitrogen and oxygen atoms in total. The number of amides is 1. The molecule has 0 bridgehead atoms. The van der Waals surface area contributed by atoms with Crippen LogP contribution >= 0.6 is 34.5 Å². The maximum absolute atomic E-state index is 13.1. The van der Waals surface area contributed by atoms with Gasteiger partial charge in [0.15, 0.2) is 0 Å². The average Bonchev–Trinajstić information content (AvgIpc) is 3.27. The fourth-order valence-corrected chi connectivity index (χ4v) is 5.82. The Morgan fingerprint density at radius 3 is 2.67 bits per heavy atom. The van der Waals surface area contributed by atoms with Gasteiger partial charge in [0.25, 0.3) is 5.91 Å². The van der Waals surface area contributed by atoms with Crippen LogP contribution in [0.4, 0.5) is 0 Å². The molecule has 1 atom stereocenters. The van der Waals surface area contributed by atoms with Crippen molar-refractivity contribution in [2.75, 3.05) is 39.3 Å². The van der Waals surface area contributed by atoms with Crippen LogP contribution in [0.1, 0.15) is 22.5 Å². The number of nitrogens with zero attached hydrogens (tertiary/aromatic N) is 2. The number of benzene rings is 2. The monoisotopic (exact) mass is 504 g/mol. The van der Waals surface area contributed by atoms with E-state index in [4.69, 9.17) is 32.7 Å². The van der Waals surface area contributed by atoms with Crippen molar-refractivity contribution in [3.05, 3.63) is 63.5 Å². The van der Waals surface area contributed by atoms with Gasteiger partial charge in [0.05, 0.1) is 27.6 Å². The van der Waals surface area contributed by atoms with Gasteiger partial charge in [-0.05, 0) is 42.5 Å². The summed E-state index contributed by atoms with van der Waals surface area (Å²) in [6, 6.07) is 15.5. The summed E-state index contributed by atoms with van der Waals surface area (Å²) in [4.78, 5) is 18.3. The first-order valence-electron chi connectivity index (χ1n) is 11.3. The highest BCUT2D eigenvalue weighted by Gasteiger charge is 2.29. The van der Waals surface area contributed by atoms with E-state index in [1.165, 1.54) is 0 Å².